The summed E-state index contributed by atoms with van der Waals surface area (Å²) < 4.78 is 29.6. The van der Waals surface area contributed by atoms with Crippen molar-refractivity contribution >= 4 is 5.91 Å². The molecule has 0 saturated heterocycles. The fourth-order valence-electron chi connectivity index (χ4n) is 2.80. The topological polar surface area (TPSA) is 25.2 Å². The molecule has 1 heterocycles. The lowest BCUT2D eigenvalue weighted by molar-refractivity contribution is 0.0783. The van der Waals surface area contributed by atoms with E-state index in [-0.39, 0.29) is 18.0 Å². The number of carbonyl (C=O) groups is 1. The van der Waals surface area contributed by atoms with Crippen LogP contribution in [0, 0.1) is 25.5 Å². The maximum Gasteiger partial charge on any atom is 0.270 e. The molecule has 0 unspecified atom stereocenters. The third-order valence-electron chi connectivity index (χ3n) is 3.98. The highest BCUT2D eigenvalue weighted by Crippen LogP contribution is 2.21. The molecule has 0 aliphatic rings. The molecule has 1 aromatic heterocycles. The van der Waals surface area contributed by atoms with Gasteiger partial charge in [-0.2, -0.15) is 0 Å². The Balaban J connectivity index is 2.45. The Hall–Kier alpha value is -2.17. The van der Waals surface area contributed by atoms with Gasteiger partial charge in [0.15, 0.2) is 0 Å². The quantitative estimate of drug-likeness (QED) is 0.820. The van der Waals surface area contributed by atoms with E-state index in [0.29, 0.717) is 12.2 Å². The second-order valence-electron chi connectivity index (χ2n) is 5.83. The molecule has 5 heteroatoms. The number of halogens is 2. The van der Waals surface area contributed by atoms with Crippen LogP contribution in [0.5, 0.6) is 0 Å². The molecule has 0 bridgehead atoms. The van der Waals surface area contributed by atoms with Crippen molar-refractivity contribution in [1.82, 2.24) is 9.47 Å². The zero-order valence-corrected chi connectivity index (χ0v) is 14.0. The van der Waals surface area contributed by atoms with Crippen LogP contribution in [-0.4, -0.2) is 29.0 Å². The summed E-state index contributed by atoms with van der Waals surface area (Å²) >= 11 is 0. The van der Waals surface area contributed by atoms with E-state index in [0.717, 1.165) is 17.7 Å². The first kappa shape index (κ1) is 17.2. The minimum atomic E-state index is -0.601. The van der Waals surface area contributed by atoms with Crippen LogP contribution in [0.4, 0.5) is 8.78 Å². The summed E-state index contributed by atoms with van der Waals surface area (Å²) in [6.07, 6.45) is 0.850. The molecule has 3 nitrogen and oxygen atoms in total. The van der Waals surface area contributed by atoms with Gasteiger partial charge in [0.2, 0.25) is 0 Å². The molecular weight excluding hydrogens is 298 g/mol. The predicted molar refractivity (Wildman–Crippen MR) is 86.6 cm³/mol. The first-order chi connectivity index (χ1) is 10.9. The SMILES string of the molecule is CCCN(C)C(=O)c1c(C)cc(C)n1Cc1c(F)cccc1F. The maximum atomic E-state index is 13.9. The van der Waals surface area contributed by atoms with Gasteiger partial charge in [0.25, 0.3) is 5.91 Å². The lowest BCUT2D eigenvalue weighted by Gasteiger charge is -2.19. The third-order valence-corrected chi connectivity index (χ3v) is 3.98. The summed E-state index contributed by atoms with van der Waals surface area (Å²) in [5.74, 6) is -1.33. The van der Waals surface area contributed by atoms with Crippen molar-refractivity contribution in [3.05, 3.63) is 58.4 Å². The van der Waals surface area contributed by atoms with Crippen molar-refractivity contribution < 1.29 is 13.6 Å². The van der Waals surface area contributed by atoms with Crippen molar-refractivity contribution in [2.24, 2.45) is 0 Å². The summed E-state index contributed by atoms with van der Waals surface area (Å²) in [7, 11) is 1.74. The van der Waals surface area contributed by atoms with Crippen LogP contribution >= 0.6 is 0 Å². The zero-order chi connectivity index (χ0) is 17.1. The highest BCUT2D eigenvalue weighted by Gasteiger charge is 2.22. The van der Waals surface area contributed by atoms with Crippen molar-refractivity contribution in [2.45, 2.75) is 33.7 Å². The molecule has 0 spiro atoms. The molecule has 0 aliphatic heterocycles. The monoisotopic (exact) mass is 320 g/mol. The van der Waals surface area contributed by atoms with E-state index in [1.807, 2.05) is 26.8 Å². The van der Waals surface area contributed by atoms with Gasteiger partial charge in [0.1, 0.15) is 17.3 Å². The summed E-state index contributed by atoms with van der Waals surface area (Å²) in [5, 5.41) is 0. The second-order valence-corrected chi connectivity index (χ2v) is 5.83. The lowest BCUT2D eigenvalue weighted by atomic mass is 10.2. The average molecular weight is 320 g/mol. The maximum absolute atomic E-state index is 13.9. The summed E-state index contributed by atoms with van der Waals surface area (Å²) in [6, 6.07) is 5.67. The average Bonchev–Trinajstić information content (AvgIpc) is 2.76. The van der Waals surface area contributed by atoms with Crippen LogP contribution in [-0.2, 0) is 6.54 Å². The van der Waals surface area contributed by atoms with Gasteiger partial charge in [0, 0.05) is 24.8 Å². The van der Waals surface area contributed by atoms with Gasteiger partial charge >= 0.3 is 0 Å². The number of benzene rings is 1. The van der Waals surface area contributed by atoms with Gasteiger partial charge in [-0.25, -0.2) is 8.78 Å². The fraction of sp³-hybridized carbons (Fsp3) is 0.389. The smallest absolute Gasteiger partial charge is 0.270 e. The van der Waals surface area contributed by atoms with Crippen LogP contribution in [0.1, 0.15) is 40.7 Å². The van der Waals surface area contributed by atoms with Gasteiger partial charge in [-0.3, -0.25) is 4.79 Å². The Morgan fingerprint density at radius 2 is 1.83 bits per heavy atom. The normalized spacial score (nSPS) is 10.9. The third kappa shape index (κ3) is 3.44. The van der Waals surface area contributed by atoms with Crippen molar-refractivity contribution in [1.29, 1.82) is 0 Å². The van der Waals surface area contributed by atoms with Crippen LogP contribution in [0.2, 0.25) is 0 Å². The van der Waals surface area contributed by atoms with E-state index in [1.54, 1.807) is 16.5 Å². The van der Waals surface area contributed by atoms with Crippen LogP contribution in [0.15, 0.2) is 24.3 Å². The molecule has 2 aromatic rings. The Labute approximate surface area is 135 Å². The van der Waals surface area contributed by atoms with E-state index in [1.165, 1.54) is 18.2 Å². The van der Waals surface area contributed by atoms with E-state index >= 15 is 0 Å². The zero-order valence-electron chi connectivity index (χ0n) is 14.0. The van der Waals surface area contributed by atoms with Crippen molar-refractivity contribution in [2.75, 3.05) is 13.6 Å². The number of aromatic nitrogens is 1. The number of hydrogen-bond donors (Lipinski definition) is 0. The van der Waals surface area contributed by atoms with Crippen molar-refractivity contribution in [3.8, 4) is 0 Å². The molecule has 0 aliphatic carbocycles. The largest absolute Gasteiger partial charge is 0.340 e. The molecule has 0 atom stereocenters. The molecule has 23 heavy (non-hydrogen) atoms. The van der Waals surface area contributed by atoms with Crippen LogP contribution < -0.4 is 0 Å². The number of aryl methyl sites for hydroxylation is 2. The van der Waals surface area contributed by atoms with E-state index in [9.17, 15) is 13.6 Å². The Bertz CT molecular complexity index is 702. The highest BCUT2D eigenvalue weighted by atomic mass is 19.1. The highest BCUT2D eigenvalue weighted by molar-refractivity contribution is 5.94. The first-order valence-corrected chi connectivity index (χ1v) is 7.71. The van der Waals surface area contributed by atoms with Crippen LogP contribution in [0.25, 0.3) is 0 Å². The lowest BCUT2D eigenvalue weighted by Crippen LogP contribution is -2.30. The molecule has 124 valence electrons. The van der Waals surface area contributed by atoms with E-state index in [2.05, 4.69) is 0 Å². The summed E-state index contributed by atoms with van der Waals surface area (Å²) in [5.41, 5.74) is 2.07. The molecule has 2 rings (SSSR count). The minimum Gasteiger partial charge on any atom is -0.340 e. The molecule has 0 radical (unpaired) electrons. The van der Waals surface area contributed by atoms with Gasteiger partial charge in [-0.1, -0.05) is 13.0 Å². The number of carbonyl (C=O) groups excluding carboxylic acids is 1. The number of amides is 1. The molecule has 1 amide bonds. The first-order valence-electron chi connectivity index (χ1n) is 7.71. The number of rotatable bonds is 5. The Morgan fingerprint density at radius 1 is 1.22 bits per heavy atom. The van der Waals surface area contributed by atoms with E-state index in [4.69, 9.17) is 0 Å². The van der Waals surface area contributed by atoms with Crippen LogP contribution in [0.3, 0.4) is 0 Å². The van der Waals surface area contributed by atoms with Gasteiger partial charge in [-0.15, -0.1) is 0 Å². The Morgan fingerprint density at radius 3 is 2.39 bits per heavy atom. The predicted octanol–water partition coefficient (Wildman–Crippen LogP) is 3.91. The fourth-order valence-corrected chi connectivity index (χ4v) is 2.80. The Kier molecular flexibility index (Phi) is 5.19. The number of hydrogen-bond acceptors (Lipinski definition) is 1. The second kappa shape index (κ2) is 6.94. The molecule has 0 fully saturated rings. The number of nitrogens with zero attached hydrogens (tertiary/aromatic N) is 2. The standard InChI is InChI=1S/C18H22F2N2O/c1-5-9-21(4)18(23)17-12(2)10-13(3)22(17)11-14-15(19)7-6-8-16(14)20/h6-8,10H,5,9,11H2,1-4H3. The van der Waals surface area contributed by atoms with Gasteiger partial charge in [-0.05, 0) is 44.0 Å². The minimum absolute atomic E-state index is 0.000775. The van der Waals surface area contributed by atoms with Gasteiger partial charge < -0.3 is 9.47 Å². The molecule has 0 saturated carbocycles. The molecule has 0 N–H and O–H groups in total. The molecule has 1 aromatic carbocycles. The van der Waals surface area contributed by atoms with Crippen molar-refractivity contribution in [3.63, 3.8) is 0 Å². The van der Waals surface area contributed by atoms with Gasteiger partial charge in [0.05, 0.1) is 6.54 Å². The molecular formula is C18H22F2N2O. The van der Waals surface area contributed by atoms with E-state index < -0.39 is 11.6 Å². The summed E-state index contributed by atoms with van der Waals surface area (Å²) in [4.78, 5) is 14.3. The summed E-state index contributed by atoms with van der Waals surface area (Å²) in [6.45, 7) is 6.31.